The van der Waals surface area contributed by atoms with Crippen LogP contribution in [-0.4, -0.2) is 15.6 Å². The van der Waals surface area contributed by atoms with Gasteiger partial charge >= 0.3 is 0 Å². The van der Waals surface area contributed by atoms with Crippen molar-refractivity contribution in [1.29, 1.82) is 0 Å². The highest BCUT2D eigenvalue weighted by molar-refractivity contribution is 9.12. The molecular formula is C4H5Br2O2-. The standard InChI is InChI=1S/C4H6Br2O2/c1-4(6,2-5)3(7)8/h2H2,1H3,(H,7,8)/p-1. The van der Waals surface area contributed by atoms with E-state index in [-0.39, 0.29) is 0 Å². The van der Waals surface area contributed by atoms with Crippen LogP contribution < -0.4 is 5.11 Å². The summed E-state index contributed by atoms with van der Waals surface area (Å²) in [5.74, 6) is -1.10. The predicted octanol–water partition coefficient (Wildman–Crippen LogP) is 0.285. The number of rotatable bonds is 2. The number of carbonyl (C=O) groups is 1. The summed E-state index contributed by atoms with van der Waals surface area (Å²) in [6.07, 6.45) is 0. The fourth-order valence-corrected chi connectivity index (χ4v) is 0.283. The molecule has 8 heavy (non-hydrogen) atoms. The molecule has 0 saturated carbocycles. The van der Waals surface area contributed by atoms with E-state index in [4.69, 9.17) is 0 Å². The van der Waals surface area contributed by atoms with Crippen molar-refractivity contribution in [3.05, 3.63) is 0 Å². The summed E-state index contributed by atoms with van der Waals surface area (Å²) < 4.78 is -0.924. The first-order valence-electron chi connectivity index (χ1n) is 1.97. The molecule has 1 unspecified atom stereocenters. The monoisotopic (exact) mass is 243 g/mol. The SMILES string of the molecule is CC(Br)(CBr)C(=O)[O-]. The molecule has 0 fully saturated rings. The molecular weight excluding hydrogens is 240 g/mol. The minimum atomic E-state index is -1.10. The van der Waals surface area contributed by atoms with E-state index in [0.29, 0.717) is 5.33 Å². The molecule has 4 heteroatoms. The normalized spacial score (nSPS) is 17.4. The smallest absolute Gasteiger partial charge is 0.0719 e. The van der Waals surface area contributed by atoms with Crippen LogP contribution in [0, 0.1) is 0 Å². The summed E-state index contributed by atoms with van der Waals surface area (Å²) in [5, 5.41) is 10.4. The van der Waals surface area contributed by atoms with Gasteiger partial charge in [-0.15, -0.1) is 0 Å². The topological polar surface area (TPSA) is 40.1 Å². The van der Waals surface area contributed by atoms with Gasteiger partial charge in [-0.25, -0.2) is 0 Å². The third kappa shape index (κ3) is 2.13. The number of alkyl halides is 2. The zero-order valence-electron chi connectivity index (χ0n) is 4.28. The molecule has 2 nitrogen and oxygen atoms in total. The third-order valence-corrected chi connectivity index (χ3v) is 3.15. The summed E-state index contributed by atoms with van der Waals surface area (Å²) in [4.78, 5) is 10.1. The Morgan fingerprint density at radius 1 is 1.88 bits per heavy atom. The lowest BCUT2D eigenvalue weighted by molar-refractivity contribution is -0.307. The summed E-state index contributed by atoms with van der Waals surface area (Å²) in [7, 11) is 0. The average molecular weight is 245 g/mol. The van der Waals surface area contributed by atoms with Crippen LogP contribution in [0.5, 0.6) is 0 Å². The Bertz CT molecular complexity index is 100. The van der Waals surface area contributed by atoms with E-state index < -0.39 is 10.3 Å². The largest absolute Gasteiger partial charge is 0.549 e. The molecule has 0 aromatic heterocycles. The molecule has 0 aliphatic carbocycles. The van der Waals surface area contributed by atoms with Gasteiger partial charge in [-0.2, -0.15) is 0 Å². The van der Waals surface area contributed by atoms with Crippen molar-refractivity contribution in [2.75, 3.05) is 5.33 Å². The molecule has 0 aromatic rings. The maximum atomic E-state index is 10.1. The Hall–Kier alpha value is 0.430. The predicted molar refractivity (Wildman–Crippen MR) is 36.1 cm³/mol. The van der Waals surface area contributed by atoms with E-state index >= 15 is 0 Å². The summed E-state index contributed by atoms with van der Waals surface area (Å²) in [5.41, 5.74) is 0. The lowest BCUT2D eigenvalue weighted by Gasteiger charge is -2.19. The molecule has 0 aromatic carbocycles. The molecule has 1 atom stereocenters. The molecule has 48 valence electrons. The maximum Gasteiger partial charge on any atom is 0.0719 e. The lowest BCUT2D eigenvalue weighted by atomic mass is 10.2. The van der Waals surface area contributed by atoms with Crippen LogP contribution in [0.15, 0.2) is 0 Å². The minimum Gasteiger partial charge on any atom is -0.549 e. The van der Waals surface area contributed by atoms with Crippen molar-refractivity contribution in [2.45, 2.75) is 11.2 Å². The van der Waals surface area contributed by atoms with E-state index in [0.717, 1.165) is 0 Å². The number of carboxylic acids is 1. The zero-order valence-corrected chi connectivity index (χ0v) is 7.45. The van der Waals surface area contributed by atoms with Crippen molar-refractivity contribution in [2.24, 2.45) is 0 Å². The fraction of sp³-hybridized carbons (Fsp3) is 0.750. The number of hydrogen-bond acceptors (Lipinski definition) is 2. The Morgan fingerprint density at radius 3 is 2.25 bits per heavy atom. The minimum absolute atomic E-state index is 0.350. The molecule has 0 radical (unpaired) electrons. The van der Waals surface area contributed by atoms with Gasteiger partial charge in [-0.3, -0.25) is 0 Å². The maximum absolute atomic E-state index is 10.1. The first-order chi connectivity index (χ1) is 3.50. The highest BCUT2D eigenvalue weighted by Gasteiger charge is 2.18. The number of carbonyl (C=O) groups excluding carboxylic acids is 1. The van der Waals surface area contributed by atoms with Gasteiger partial charge in [0.25, 0.3) is 0 Å². The van der Waals surface area contributed by atoms with Crippen molar-refractivity contribution >= 4 is 37.8 Å². The summed E-state index contributed by atoms with van der Waals surface area (Å²) >= 11 is 5.94. The van der Waals surface area contributed by atoms with E-state index in [1.165, 1.54) is 6.92 Å². The van der Waals surface area contributed by atoms with Crippen molar-refractivity contribution < 1.29 is 9.90 Å². The summed E-state index contributed by atoms with van der Waals surface area (Å²) in [6.45, 7) is 1.52. The second-order valence-corrected chi connectivity index (χ2v) is 3.93. The highest BCUT2D eigenvalue weighted by atomic mass is 79.9. The molecule has 0 amide bonds. The van der Waals surface area contributed by atoms with Crippen molar-refractivity contribution in [1.82, 2.24) is 0 Å². The van der Waals surface area contributed by atoms with Crippen LogP contribution in [0.4, 0.5) is 0 Å². The second-order valence-electron chi connectivity index (χ2n) is 1.62. The number of hydrogen-bond donors (Lipinski definition) is 0. The van der Waals surface area contributed by atoms with Gasteiger partial charge in [-0.05, 0) is 6.92 Å². The third-order valence-electron chi connectivity index (χ3n) is 0.677. The van der Waals surface area contributed by atoms with E-state index in [9.17, 15) is 9.90 Å². The van der Waals surface area contributed by atoms with Crippen LogP contribution >= 0.6 is 31.9 Å². The zero-order chi connectivity index (χ0) is 6.78. The first-order valence-corrected chi connectivity index (χ1v) is 3.88. The fourth-order valence-electron chi connectivity index (χ4n) is 0.0546. The van der Waals surface area contributed by atoms with Gasteiger partial charge in [0, 0.05) is 5.33 Å². The quantitative estimate of drug-likeness (QED) is 0.655. The molecule has 0 aliphatic heterocycles. The lowest BCUT2D eigenvalue weighted by Crippen LogP contribution is -2.42. The van der Waals surface area contributed by atoms with Crippen LogP contribution in [0.2, 0.25) is 0 Å². The van der Waals surface area contributed by atoms with Gasteiger partial charge < -0.3 is 9.90 Å². The van der Waals surface area contributed by atoms with E-state index in [1.807, 2.05) is 0 Å². The van der Waals surface area contributed by atoms with Gasteiger partial charge in [0.15, 0.2) is 0 Å². The van der Waals surface area contributed by atoms with E-state index in [2.05, 4.69) is 31.9 Å². The van der Waals surface area contributed by atoms with Crippen molar-refractivity contribution in [3.8, 4) is 0 Å². The number of halogens is 2. The Morgan fingerprint density at radius 2 is 2.25 bits per heavy atom. The van der Waals surface area contributed by atoms with Gasteiger partial charge in [0.2, 0.25) is 0 Å². The Kier molecular flexibility index (Phi) is 2.98. The van der Waals surface area contributed by atoms with Crippen molar-refractivity contribution in [3.63, 3.8) is 0 Å². The Balaban J connectivity index is 3.91. The Labute approximate surface area is 64.5 Å². The van der Waals surface area contributed by atoms with Crippen LogP contribution in [0.1, 0.15) is 6.92 Å². The van der Waals surface area contributed by atoms with Crippen LogP contribution in [0.3, 0.4) is 0 Å². The van der Waals surface area contributed by atoms with Gasteiger partial charge in [-0.1, -0.05) is 31.9 Å². The molecule has 0 bridgehead atoms. The highest BCUT2D eigenvalue weighted by Crippen LogP contribution is 2.18. The van der Waals surface area contributed by atoms with Gasteiger partial charge in [0.1, 0.15) is 0 Å². The van der Waals surface area contributed by atoms with Crippen LogP contribution in [0.25, 0.3) is 0 Å². The molecule has 0 rings (SSSR count). The van der Waals surface area contributed by atoms with Gasteiger partial charge in [0.05, 0.1) is 10.3 Å². The molecule has 0 saturated heterocycles. The molecule has 0 aliphatic rings. The van der Waals surface area contributed by atoms with Crippen LogP contribution in [-0.2, 0) is 4.79 Å². The molecule has 0 heterocycles. The second kappa shape index (κ2) is 2.82. The average Bonchev–Trinajstić information content (AvgIpc) is 1.67. The molecule has 0 spiro atoms. The summed E-state index contributed by atoms with van der Waals surface area (Å²) in [6, 6.07) is 0. The van der Waals surface area contributed by atoms with E-state index in [1.54, 1.807) is 0 Å². The first kappa shape index (κ1) is 8.43. The molecule has 0 N–H and O–H groups in total. The number of aliphatic carboxylic acids is 1. The number of carboxylic acid groups (broad SMARTS) is 1.